The van der Waals surface area contributed by atoms with Crippen LogP contribution in [0.2, 0.25) is 5.02 Å². The Morgan fingerprint density at radius 3 is 2.56 bits per heavy atom. The summed E-state index contributed by atoms with van der Waals surface area (Å²) in [6.45, 7) is 0. The molecule has 0 atom stereocenters. The predicted octanol–water partition coefficient (Wildman–Crippen LogP) is 2.90. The summed E-state index contributed by atoms with van der Waals surface area (Å²) in [6.07, 6.45) is 2.87. The number of hydrogen-bond acceptors (Lipinski definition) is 2. The Hall–Kier alpha value is -2.13. The van der Waals surface area contributed by atoms with Crippen LogP contribution in [0.1, 0.15) is 5.69 Å². The highest BCUT2D eigenvalue weighted by Crippen LogP contribution is 2.20. The van der Waals surface area contributed by atoms with E-state index in [1.54, 1.807) is 12.1 Å². The third kappa shape index (κ3) is 3.18. The molecule has 0 saturated heterocycles. The molecule has 0 aliphatic rings. The second kappa shape index (κ2) is 5.47. The minimum Gasteiger partial charge on any atom is -0.366 e. The maximum Gasteiger partial charge on any atom is 0.241 e. The van der Waals surface area contributed by atoms with Crippen LogP contribution in [0.4, 0.5) is 0 Å². The van der Waals surface area contributed by atoms with E-state index in [0.29, 0.717) is 10.7 Å². The zero-order valence-corrected chi connectivity index (χ0v) is 10.3. The Kier molecular flexibility index (Phi) is 3.75. The number of pyridine rings is 1. The zero-order valence-electron chi connectivity index (χ0n) is 9.51. The molecule has 1 heterocycles. The molecular weight excluding hydrogens is 248 g/mol. The van der Waals surface area contributed by atoms with Crippen LogP contribution in [0, 0.1) is 0 Å². The van der Waals surface area contributed by atoms with E-state index in [1.165, 1.54) is 6.08 Å². The number of nitrogens with two attached hydrogens (primary N) is 1. The lowest BCUT2D eigenvalue weighted by atomic mass is 10.1. The minimum absolute atomic E-state index is 0.492. The molecule has 0 saturated carbocycles. The lowest BCUT2D eigenvalue weighted by Crippen LogP contribution is -2.05. The van der Waals surface area contributed by atoms with Gasteiger partial charge in [-0.15, -0.1) is 0 Å². The molecule has 0 radical (unpaired) electrons. The highest BCUT2D eigenvalue weighted by atomic mass is 35.5. The first-order valence-corrected chi connectivity index (χ1v) is 5.73. The van der Waals surface area contributed by atoms with Crippen LogP contribution in [-0.2, 0) is 4.79 Å². The lowest BCUT2D eigenvalue weighted by Gasteiger charge is -2.02. The van der Waals surface area contributed by atoms with Gasteiger partial charge < -0.3 is 5.73 Å². The molecule has 2 rings (SSSR count). The van der Waals surface area contributed by atoms with Gasteiger partial charge in [-0.2, -0.15) is 0 Å². The number of carbonyl (C=O) groups is 1. The van der Waals surface area contributed by atoms with Gasteiger partial charge in [0.05, 0.1) is 11.4 Å². The second-order valence-corrected chi connectivity index (χ2v) is 4.13. The molecule has 0 aliphatic carbocycles. The van der Waals surface area contributed by atoms with Gasteiger partial charge in [-0.1, -0.05) is 29.8 Å². The first-order valence-electron chi connectivity index (χ1n) is 5.36. The van der Waals surface area contributed by atoms with Gasteiger partial charge in [0.1, 0.15) is 0 Å². The zero-order chi connectivity index (χ0) is 13.0. The van der Waals surface area contributed by atoms with Gasteiger partial charge in [0.25, 0.3) is 0 Å². The molecular formula is C14H11ClN2O. The van der Waals surface area contributed by atoms with E-state index in [0.717, 1.165) is 11.3 Å². The van der Waals surface area contributed by atoms with Gasteiger partial charge in [-0.25, -0.2) is 4.98 Å². The Labute approximate surface area is 110 Å². The van der Waals surface area contributed by atoms with Crippen molar-refractivity contribution in [1.82, 2.24) is 4.98 Å². The van der Waals surface area contributed by atoms with Gasteiger partial charge in [-0.3, -0.25) is 4.79 Å². The summed E-state index contributed by atoms with van der Waals surface area (Å²) in [4.78, 5) is 15.1. The third-order valence-corrected chi connectivity index (χ3v) is 2.58. The lowest BCUT2D eigenvalue weighted by molar-refractivity contribution is -0.113. The van der Waals surface area contributed by atoms with E-state index in [2.05, 4.69) is 4.98 Å². The molecule has 1 aromatic heterocycles. The fourth-order valence-corrected chi connectivity index (χ4v) is 1.62. The van der Waals surface area contributed by atoms with Crippen LogP contribution >= 0.6 is 11.6 Å². The van der Waals surface area contributed by atoms with Crippen LogP contribution in [0.3, 0.4) is 0 Å². The molecule has 2 N–H and O–H groups in total. The van der Waals surface area contributed by atoms with Crippen molar-refractivity contribution in [2.24, 2.45) is 5.73 Å². The topological polar surface area (TPSA) is 56.0 Å². The van der Waals surface area contributed by atoms with Crippen molar-refractivity contribution >= 4 is 23.6 Å². The van der Waals surface area contributed by atoms with E-state index in [4.69, 9.17) is 17.3 Å². The number of aromatic nitrogens is 1. The molecule has 0 aliphatic heterocycles. The fraction of sp³-hybridized carbons (Fsp3) is 0. The molecule has 0 unspecified atom stereocenters. The molecule has 0 fully saturated rings. The van der Waals surface area contributed by atoms with Crippen LogP contribution in [0.25, 0.3) is 17.3 Å². The van der Waals surface area contributed by atoms with Gasteiger partial charge in [0, 0.05) is 16.7 Å². The normalized spacial score (nSPS) is 10.7. The number of primary amides is 1. The summed E-state index contributed by atoms with van der Waals surface area (Å²) in [5, 5.41) is 0.684. The maximum absolute atomic E-state index is 10.7. The summed E-state index contributed by atoms with van der Waals surface area (Å²) in [5.74, 6) is -0.492. The number of amides is 1. The van der Waals surface area contributed by atoms with Crippen LogP contribution in [0.5, 0.6) is 0 Å². The number of carbonyl (C=O) groups excluding carboxylic acids is 1. The van der Waals surface area contributed by atoms with Gasteiger partial charge >= 0.3 is 0 Å². The Balaban J connectivity index is 2.32. The van der Waals surface area contributed by atoms with E-state index in [1.807, 2.05) is 36.4 Å². The van der Waals surface area contributed by atoms with Crippen LogP contribution in [-0.4, -0.2) is 10.9 Å². The largest absolute Gasteiger partial charge is 0.366 e. The predicted molar refractivity (Wildman–Crippen MR) is 72.9 cm³/mol. The Morgan fingerprint density at radius 2 is 1.89 bits per heavy atom. The Morgan fingerprint density at radius 1 is 1.17 bits per heavy atom. The highest BCUT2D eigenvalue weighted by Gasteiger charge is 1.99. The summed E-state index contributed by atoms with van der Waals surface area (Å²) < 4.78 is 0. The molecule has 2 aromatic rings. The van der Waals surface area contributed by atoms with Crippen molar-refractivity contribution in [3.8, 4) is 11.3 Å². The number of halogens is 1. The second-order valence-electron chi connectivity index (χ2n) is 3.69. The number of nitrogens with zero attached hydrogens (tertiary/aromatic N) is 1. The number of rotatable bonds is 3. The first-order chi connectivity index (χ1) is 8.65. The highest BCUT2D eigenvalue weighted by molar-refractivity contribution is 6.30. The van der Waals surface area contributed by atoms with Crippen molar-refractivity contribution in [1.29, 1.82) is 0 Å². The summed E-state index contributed by atoms with van der Waals surface area (Å²) >= 11 is 5.83. The van der Waals surface area contributed by atoms with Crippen LogP contribution < -0.4 is 5.73 Å². The fourth-order valence-electron chi connectivity index (χ4n) is 1.49. The van der Waals surface area contributed by atoms with Crippen molar-refractivity contribution in [2.75, 3.05) is 0 Å². The van der Waals surface area contributed by atoms with E-state index < -0.39 is 5.91 Å². The molecule has 4 heteroatoms. The summed E-state index contributed by atoms with van der Waals surface area (Å²) in [5.41, 5.74) is 7.50. The number of hydrogen-bond donors (Lipinski definition) is 1. The molecule has 3 nitrogen and oxygen atoms in total. The maximum atomic E-state index is 10.7. The SMILES string of the molecule is NC(=O)/C=C/c1cccc(-c2ccc(Cl)cc2)n1. The van der Waals surface area contributed by atoms with Gasteiger partial charge in [-0.05, 0) is 30.3 Å². The van der Waals surface area contributed by atoms with Crippen molar-refractivity contribution in [3.63, 3.8) is 0 Å². The Bertz CT molecular complexity index is 591. The molecule has 1 amide bonds. The average Bonchev–Trinajstić information content (AvgIpc) is 2.37. The van der Waals surface area contributed by atoms with E-state index in [9.17, 15) is 4.79 Å². The molecule has 90 valence electrons. The van der Waals surface area contributed by atoms with Crippen molar-refractivity contribution < 1.29 is 4.79 Å². The standard InChI is InChI=1S/C14H11ClN2O/c15-11-6-4-10(5-7-11)13-3-1-2-12(17-13)8-9-14(16)18/h1-9H,(H2,16,18)/b9-8+. The van der Waals surface area contributed by atoms with Crippen molar-refractivity contribution in [2.45, 2.75) is 0 Å². The molecule has 1 aromatic carbocycles. The van der Waals surface area contributed by atoms with Gasteiger partial charge in [0.15, 0.2) is 0 Å². The van der Waals surface area contributed by atoms with Gasteiger partial charge in [0.2, 0.25) is 5.91 Å². The monoisotopic (exact) mass is 258 g/mol. The summed E-state index contributed by atoms with van der Waals surface area (Å²) in [6, 6.07) is 13.0. The van der Waals surface area contributed by atoms with Crippen molar-refractivity contribution in [3.05, 3.63) is 59.3 Å². The van der Waals surface area contributed by atoms with E-state index >= 15 is 0 Å². The molecule has 0 spiro atoms. The smallest absolute Gasteiger partial charge is 0.241 e. The molecule has 0 bridgehead atoms. The number of benzene rings is 1. The third-order valence-electron chi connectivity index (χ3n) is 2.33. The summed E-state index contributed by atoms with van der Waals surface area (Å²) in [7, 11) is 0. The van der Waals surface area contributed by atoms with Crippen LogP contribution in [0.15, 0.2) is 48.5 Å². The van der Waals surface area contributed by atoms with E-state index in [-0.39, 0.29) is 0 Å². The average molecular weight is 259 g/mol. The minimum atomic E-state index is -0.492. The quantitative estimate of drug-likeness (QED) is 0.861. The first kappa shape index (κ1) is 12.3. The molecule has 18 heavy (non-hydrogen) atoms.